The lowest BCUT2D eigenvalue weighted by molar-refractivity contribution is -0.145. The van der Waals surface area contributed by atoms with Crippen LogP contribution in [0.15, 0.2) is 30.3 Å². The normalized spacial score (nSPS) is 22.3. The van der Waals surface area contributed by atoms with E-state index in [1.165, 1.54) is 0 Å². The standard InChI is InChI=1S/C25H37N3O3/c1-20(2)26-11-6-12-27(16-15-26)23(29)22-17-25(18-22)9-13-28(14-10-25)24(30)31-19-21-7-4-3-5-8-21/h3-5,7-8,20,22H,6,9-19H2,1-2H3. The highest BCUT2D eigenvalue weighted by molar-refractivity contribution is 5.80. The molecule has 0 radical (unpaired) electrons. The second-order valence-corrected chi connectivity index (χ2v) is 9.94. The van der Waals surface area contributed by atoms with Gasteiger partial charge in [-0.2, -0.15) is 0 Å². The average Bonchev–Trinajstić information content (AvgIpc) is 3.03. The molecule has 1 aromatic carbocycles. The Morgan fingerprint density at radius 2 is 1.68 bits per heavy atom. The molecule has 1 aliphatic carbocycles. The Morgan fingerprint density at radius 3 is 2.35 bits per heavy atom. The number of amides is 2. The van der Waals surface area contributed by atoms with Gasteiger partial charge >= 0.3 is 6.09 Å². The van der Waals surface area contributed by atoms with Crippen molar-refractivity contribution in [3.05, 3.63) is 35.9 Å². The van der Waals surface area contributed by atoms with E-state index in [0.717, 1.165) is 76.9 Å². The van der Waals surface area contributed by atoms with E-state index < -0.39 is 0 Å². The number of nitrogens with zero attached hydrogens (tertiary/aromatic N) is 3. The van der Waals surface area contributed by atoms with Gasteiger partial charge in [-0.3, -0.25) is 9.69 Å². The number of carbonyl (C=O) groups is 2. The predicted molar refractivity (Wildman–Crippen MR) is 120 cm³/mol. The summed E-state index contributed by atoms with van der Waals surface area (Å²) in [6, 6.07) is 10.3. The van der Waals surface area contributed by atoms with Crippen molar-refractivity contribution in [3.63, 3.8) is 0 Å². The summed E-state index contributed by atoms with van der Waals surface area (Å²) in [4.78, 5) is 31.9. The molecule has 2 amide bonds. The quantitative estimate of drug-likeness (QED) is 0.734. The minimum absolute atomic E-state index is 0.183. The van der Waals surface area contributed by atoms with Gasteiger partial charge in [-0.15, -0.1) is 0 Å². The fourth-order valence-corrected chi connectivity index (χ4v) is 5.48. The molecule has 0 aromatic heterocycles. The van der Waals surface area contributed by atoms with Gasteiger partial charge < -0.3 is 14.5 Å². The van der Waals surface area contributed by atoms with Crippen molar-refractivity contribution in [1.29, 1.82) is 0 Å². The second-order valence-electron chi connectivity index (χ2n) is 9.94. The molecular formula is C25H37N3O3. The predicted octanol–water partition coefficient (Wildman–Crippen LogP) is 3.76. The number of benzene rings is 1. The van der Waals surface area contributed by atoms with Crippen LogP contribution in [0, 0.1) is 11.3 Å². The highest BCUT2D eigenvalue weighted by Crippen LogP contribution is 2.53. The lowest BCUT2D eigenvalue weighted by Gasteiger charge is -2.52. The monoisotopic (exact) mass is 427 g/mol. The van der Waals surface area contributed by atoms with E-state index >= 15 is 0 Å². The fourth-order valence-electron chi connectivity index (χ4n) is 5.48. The Morgan fingerprint density at radius 1 is 0.968 bits per heavy atom. The molecule has 2 aliphatic heterocycles. The Kier molecular flexibility index (Phi) is 6.85. The van der Waals surface area contributed by atoms with E-state index in [4.69, 9.17) is 4.74 Å². The second kappa shape index (κ2) is 9.60. The van der Waals surface area contributed by atoms with Gasteiger partial charge in [0.1, 0.15) is 6.61 Å². The molecule has 1 spiro atoms. The molecule has 1 aromatic rings. The maximum Gasteiger partial charge on any atom is 0.410 e. The smallest absolute Gasteiger partial charge is 0.410 e. The van der Waals surface area contributed by atoms with E-state index in [9.17, 15) is 9.59 Å². The molecule has 6 nitrogen and oxygen atoms in total. The molecule has 170 valence electrons. The SMILES string of the molecule is CC(C)N1CCCN(C(=O)C2CC3(CCN(C(=O)OCc4ccccc4)CC3)C2)CC1. The number of rotatable bonds is 4. The number of ether oxygens (including phenoxy) is 1. The fraction of sp³-hybridized carbons (Fsp3) is 0.680. The number of likely N-dealkylation sites (tertiary alicyclic amines) is 1. The lowest BCUT2D eigenvalue weighted by atomic mass is 9.57. The molecule has 2 saturated heterocycles. The number of hydrogen-bond acceptors (Lipinski definition) is 4. The third kappa shape index (κ3) is 5.22. The molecular weight excluding hydrogens is 390 g/mol. The van der Waals surface area contributed by atoms with E-state index in [2.05, 4.69) is 23.6 Å². The van der Waals surface area contributed by atoms with E-state index in [-0.39, 0.29) is 17.4 Å². The first kappa shape index (κ1) is 22.1. The first-order chi connectivity index (χ1) is 15.0. The molecule has 31 heavy (non-hydrogen) atoms. The Labute approximate surface area is 186 Å². The van der Waals surface area contributed by atoms with Gasteiger partial charge in [0.05, 0.1) is 0 Å². The van der Waals surface area contributed by atoms with Crippen molar-refractivity contribution in [2.24, 2.45) is 11.3 Å². The van der Waals surface area contributed by atoms with Gasteiger partial charge in [0.2, 0.25) is 5.91 Å². The molecule has 1 saturated carbocycles. The number of piperidine rings is 1. The highest BCUT2D eigenvalue weighted by atomic mass is 16.6. The largest absolute Gasteiger partial charge is 0.445 e. The van der Waals surface area contributed by atoms with Crippen LogP contribution in [0.25, 0.3) is 0 Å². The van der Waals surface area contributed by atoms with Crippen molar-refractivity contribution >= 4 is 12.0 Å². The molecule has 0 unspecified atom stereocenters. The first-order valence-electron chi connectivity index (χ1n) is 11.9. The molecule has 3 aliphatic rings. The summed E-state index contributed by atoms with van der Waals surface area (Å²) in [6.07, 6.45) is 4.80. The van der Waals surface area contributed by atoms with Crippen LogP contribution in [0.2, 0.25) is 0 Å². The average molecular weight is 428 g/mol. The third-order valence-electron chi connectivity index (χ3n) is 7.57. The molecule has 3 fully saturated rings. The maximum absolute atomic E-state index is 13.1. The topological polar surface area (TPSA) is 53.1 Å². The zero-order chi connectivity index (χ0) is 21.8. The summed E-state index contributed by atoms with van der Waals surface area (Å²) in [7, 11) is 0. The Balaban J connectivity index is 1.19. The molecule has 0 N–H and O–H groups in total. The van der Waals surface area contributed by atoms with Crippen LogP contribution < -0.4 is 0 Å². The summed E-state index contributed by atoms with van der Waals surface area (Å²) in [5, 5.41) is 0. The summed E-state index contributed by atoms with van der Waals surface area (Å²) in [6.45, 7) is 10.1. The summed E-state index contributed by atoms with van der Waals surface area (Å²) >= 11 is 0. The van der Waals surface area contributed by atoms with Gasteiger partial charge in [-0.1, -0.05) is 30.3 Å². The molecule has 4 rings (SSSR count). The van der Waals surface area contributed by atoms with Crippen LogP contribution in [0.1, 0.15) is 51.5 Å². The molecule has 6 heteroatoms. The van der Waals surface area contributed by atoms with Crippen molar-refractivity contribution in [2.45, 2.75) is 58.6 Å². The summed E-state index contributed by atoms with van der Waals surface area (Å²) in [5.41, 5.74) is 1.27. The minimum atomic E-state index is -0.218. The molecule has 2 heterocycles. The van der Waals surface area contributed by atoms with Crippen molar-refractivity contribution < 1.29 is 14.3 Å². The van der Waals surface area contributed by atoms with Gasteiger partial charge in [0.25, 0.3) is 0 Å². The first-order valence-corrected chi connectivity index (χ1v) is 11.9. The maximum atomic E-state index is 13.1. The number of hydrogen-bond donors (Lipinski definition) is 0. The van der Waals surface area contributed by atoms with Crippen molar-refractivity contribution in [2.75, 3.05) is 39.3 Å². The van der Waals surface area contributed by atoms with E-state index in [0.29, 0.717) is 18.6 Å². The van der Waals surface area contributed by atoms with Gasteiger partial charge in [0, 0.05) is 51.2 Å². The van der Waals surface area contributed by atoms with Crippen LogP contribution in [0.4, 0.5) is 4.79 Å². The van der Waals surface area contributed by atoms with E-state index in [1.54, 1.807) is 0 Å². The number of carbonyl (C=O) groups excluding carboxylic acids is 2. The van der Waals surface area contributed by atoms with Crippen LogP contribution in [-0.2, 0) is 16.1 Å². The van der Waals surface area contributed by atoms with Crippen LogP contribution >= 0.6 is 0 Å². The zero-order valence-electron chi connectivity index (χ0n) is 19.1. The minimum Gasteiger partial charge on any atom is -0.445 e. The van der Waals surface area contributed by atoms with E-state index in [1.807, 2.05) is 35.2 Å². The summed E-state index contributed by atoms with van der Waals surface area (Å²) < 4.78 is 5.49. The Bertz CT molecular complexity index is 751. The summed E-state index contributed by atoms with van der Waals surface area (Å²) in [5.74, 6) is 0.545. The lowest BCUT2D eigenvalue weighted by Crippen LogP contribution is -2.53. The van der Waals surface area contributed by atoms with Crippen LogP contribution in [0.3, 0.4) is 0 Å². The molecule has 0 bridgehead atoms. The third-order valence-corrected chi connectivity index (χ3v) is 7.57. The highest BCUT2D eigenvalue weighted by Gasteiger charge is 2.50. The van der Waals surface area contributed by atoms with Gasteiger partial charge in [-0.05, 0) is 56.9 Å². The van der Waals surface area contributed by atoms with Gasteiger partial charge in [-0.25, -0.2) is 4.79 Å². The van der Waals surface area contributed by atoms with Crippen LogP contribution in [-0.4, -0.2) is 72.0 Å². The molecule has 0 atom stereocenters. The van der Waals surface area contributed by atoms with Crippen LogP contribution in [0.5, 0.6) is 0 Å². The van der Waals surface area contributed by atoms with Crippen molar-refractivity contribution in [3.8, 4) is 0 Å². The van der Waals surface area contributed by atoms with Crippen molar-refractivity contribution in [1.82, 2.24) is 14.7 Å². The van der Waals surface area contributed by atoms with Gasteiger partial charge in [0.15, 0.2) is 0 Å². The Hall–Kier alpha value is -2.08. The zero-order valence-corrected chi connectivity index (χ0v) is 19.1.